The maximum Gasteiger partial charge on any atom is 0.198 e. The van der Waals surface area contributed by atoms with Gasteiger partial charge >= 0.3 is 0 Å². The minimum atomic E-state index is -1.36. The van der Waals surface area contributed by atoms with Gasteiger partial charge in [-0.25, -0.2) is 4.98 Å². The highest BCUT2D eigenvalue weighted by atomic mass is 79.9. The van der Waals surface area contributed by atoms with E-state index in [9.17, 15) is 9.59 Å². The van der Waals surface area contributed by atoms with Gasteiger partial charge in [0.05, 0.1) is 5.69 Å². The molecule has 0 unspecified atom stereocenters. The van der Waals surface area contributed by atoms with Crippen LogP contribution in [0.15, 0.2) is 47.1 Å². The summed E-state index contributed by atoms with van der Waals surface area (Å²) in [7, 11) is 0. The number of halogens is 1. The number of Topliss-reactive ketones (excluding diaryl/α,β-unsaturated/α-hetero) is 2. The molecule has 1 aromatic heterocycles. The lowest BCUT2D eigenvalue weighted by Gasteiger charge is -2.44. The zero-order valence-corrected chi connectivity index (χ0v) is 19.3. The molecule has 0 amide bonds. The van der Waals surface area contributed by atoms with Gasteiger partial charge in [-0.2, -0.15) is 0 Å². The molecule has 2 aliphatic carbocycles. The fraction of sp³-hybridized carbons (Fsp3) is 0.480. The van der Waals surface area contributed by atoms with Crippen molar-refractivity contribution < 1.29 is 9.59 Å². The molecule has 0 spiro atoms. The van der Waals surface area contributed by atoms with Crippen molar-refractivity contribution >= 4 is 27.5 Å². The third kappa shape index (κ3) is 3.59. The van der Waals surface area contributed by atoms with Gasteiger partial charge in [-0.1, -0.05) is 49.6 Å². The van der Waals surface area contributed by atoms with Crippen LogP contribution in [0.2, 0.25) is 0 Å². The number of hydrogen-bond acceptors (Lipinski definition) is 5. The highest BCUT2D eigenvalue weighted by Gasteiger charge is 2.59. The number of fused-ring (bicyclic) bond motifs is 1. The second-order valence-corrected chi connectivity index (χ2v) is 9.86. The maximum atomic E-state index is 13.8. The minimum Gasteiger partial charge on any atom is -0.301 e. The van der Waals surface area contributed by atoms with Gasteiger partial charge in [0.25, 0.3) is 0 Å². The molecule has 0 N–H and O–H groups in total. The lowest BCUT2D eigenvalue weighted by Crippen LogP contribution is -2.61. The van der Waals surface area contributed by atoms with E-state index in [0.29, 0.717) is 34.5 Å². The molecule has 1 saturated carbocycles. The normalized spacial score (nSPS) is 22.6. The number of benzene rings is 1. The monoisotopic (exact) mass is 481 g/mol. The third-order valence-electron chi connectivity index (χ3n) is 7.25. The molecule has 1 saturated heterocycles. The van der Waals surface area contributed by atoms with Crippen LogP contribution in [0.25, 0.3) is 0 Å². The molecule has 162 valence electrons. The Morgan fingerprint density at radius 1 is 0.871 bits per heavy atom. The summed E-state index contributed by atoms with van der Waals surface area (Å²) >= 11 is 3.44. The van der Waals surface area contributed by atoms with Crippen LogP contribution >= 0.6 is 15.9 Å². The molecule has 0 atom stereocenters. The molecule has 0 bridgehead atoms. The number of nitrogens with zero attached hydrogens (tertiary/aromatic N) is 3. The summed E-state index contributed by atoms with van der Waals surface area (Å²) in [5, 5.41) is 0. The van der Waals surface area contributed by atoms with E-state index < -0.39 is 5.54 Å². The van der Waals surface area contributed by atoms with E-state index in [1.54, 1.807) is 12.1 Å². The van der Waals surface area contributed by atoms with Crippen molar-refractivity contribution in [3.05, 3.63) is 63.9 Å². The number of rotatable bonds is 4. The van der Waals surface area contributed by atoms with Gasteiger partial charge in [-0.15, -0.1) is 0 Å². The van der Waals surface area contributed by atoms with Crippen molar-refractivity contribution in [3.63, 3.8) is 0 Å². The van der Waals surface area contributed by atoms with Gasteiger partial charge in [-0.05, 0) is 46.8 Å². The maximum absolute atomic E-state index is 13.8. The van der Waals surface area contributed by atoms with E-state index in [0.717, 1.165) is 25.6 Å². The molecular weight excluding hydrogens is 454 g/mol. The molecule has 5 nitrogen and oxygen atoms in total. The van der Waals surface area contributed by atoms with Crippen LogP contribution in [-0.2, 0) is 5.54 Å². The quantitative estimate of drug-likeness (QED) is 0.480. The predicted molar refractivity (Wildman–Crippen MR) is 123 cm³/mol. The summed E-state index contributed by atoms with van der Waals surface area (Å²) in [4.78, 5) is 36.8. The highest BCUT2D eigenvalue weighted by molar-refractivity contribution is 9.10. The van der Waals surface area contributed by atoms with E-state index in [1.165, 1.54) is 32.1 Å². The fourth-order valence-corrected chi connectivity index (χ4v) is 6.01. The van der Waals surface area contributed by atoms with Crippen molar-refractivity contribution in [1.82, 2.24) is 14.8 Å². The Bertz CT molecular complexity index is 959. The smallest absolute Gasteiger partial charge is 0.198 e. The van der Waals surface area contributed by atoms with E-state index in [1.807, 2.05) is 30.3 Å². The summed E-state index contributed by atoms with van der Waals surface area (Å²) in [6.45, 7) is 4.27. The van der Waals surface area contributed by atoms with Gasteiger partial charge in [-0.3, -0.25) is 14.5 Å². The number of carbonyl (C=O) groups excluding carboxylic acids is 2. The first-order valence-corrected chi connectivity index (χ1v) is 12.2. The van der Waals surface area contributed by atoms with Crippen molar-refractivity contribution in [2.45, 2.75) is 37.6 Å². The molecule has 1 aliphatic heterocycles. The molecule has 2 fully saturated rings. The first-order valence-electron chi connectivity index (χ1n) is 11.4. The van der Waals surface area contributed by atoms with Crippen LogP contribution in [0.1, 0.15) is 58.5 Å². The van der Waals surface area contributed by atoms with Gasteiger partial charge in [0.2, 0.25) is 0 Å². The van der Waals surface area contributed by atoms with Crippen molar-refractivity contribution in [1.29, 1.82) is 0 Å². The lowest BCUT2D eigenvalue weighted by atomic mass is 9.85. The summed E-state index contributed by atoms with van der Waals surface area (Å²) in [6.07, 6.45) is 6.74. The van der Waals surface area contributed by atoms with Crippen LogP contribution in [0.5, 0.6) is 0 Å². The molecule has 2 aromatic rings. The van der Waals surface area contributed by atoms with Crippen LogP contribution in [0.3, 0.4) is 0 Å². The van der Waals surface area contributed by atoms with Gasteiger partial charge < -0.3 is 4.90 Å². The zero-order valence-electron chi connectivity index (χ0n) is 17.7. The Hall–Kier alpha value is -1.89. The van der Waals surface area contributed by atoms with E-state index in [2.05, 4.69) is 30.7 Å². The number of carbonyl (C=O) groups is 2. The Balaban J connectivity index is 1.45. The van der Waals surface area contributed by atoms with Gasteiger partial charge in [0.1, 0.15) is 4.60 Å². The second kappa shape index (κ2) is 8.57. The van der Waals surface area contributed by atoms with Crippen LogP contribution in [-0.4, -0.2) is 59.1 Å². The van der Waals surface area contributed by atoms with Crippen molar-refractivity contribution in [2.75, 3.05) is 32.7 Å². The molecule has 3 aliphatic rings. The van der Waals surface area contributed by atoms with Crippen molar-refractivity contribution in [3.8, 4) is 0 Å². The molecule has 6 heteroatoms. The average molecular weight is 482 g/mol. The molecule has 31 heavy (non-hydrogen) atoms. The van der Waals surface area contributed by atoms with Gasteiger partial charge in [0, 0.05) is 43.9 Å². The van der Waals surface area contributed by atoms with Crippen LogP contribution in [0, 0.1) is 5.92 Å². The fourth-order valence-electron chi connectivity index (χ4n) is 5.66. The largest absolute Gasteiger partial charge is 0.301 e. The number of ketones is 2. The van der Waals surface area contributed by atoms with E-state index >= 15 is 0 Å². The summed E-state index contributed by atoms with van der Waals surface area (Å²) < 4.78 is 0.636. The van der Waals surface area contributed by atoms with Crippen LogP contribution in [0.4, 0.5) is 0 Å². The Morgan fingerprint density at radius 3 is 2.13 bits per heavy atom. The van der Waals surface area contributed by atoms with Crippen molar-refractivity contribution in [2.24, 2.45) is 5.92 Å². The topological polar surface area (TPSA) is 53.5 Å². The highest BCUT2D eigenvalue weighted by Crippen LogP contribution is 2.42. The lowest BCUT2D eigenvalue weighted by molar-refractivity contribution is 0.0244. The predicted octanol–water partition coefficient (Wildman–Crippen LogP) is 4.32. The first kappa shape index (κ1) is 21.0. The molecule has 0 radical (unpaired) electrons. The number of piperazine rings is 1. The standard InChI is InChI=1S/C25H28BrN3O2/c26-22-12-6-11-21(27-22)25(23(30)19-9-4-5-10-20(19)24(25)31)29-15-13-28(14-16-29)17-18-7-2-1-3-8-18/h4-6,9-12,18H,1-3,7-8,13-17H2. The third-order valence-corrected chi connectivity index (χ3v) is 7.69. The second-order valence-electron chi connectivity index (χ2n) is 9.05. The number of pyridine rings is 1. The first-order chi connectivity index (χ1) is 15.1. The Morgan fingerprint density at radius 2 is 1.52 bits per heavy atom. The summed E-state index contributed by atoms with van der Waals surface area (Å²) in [6, 6.07) is 12.7. The summed E-state index contributed by atoms with van der Waals surface area (Å²) in [5.74, 6) is 0.513. The molecular formula is C25H28BrN3O2. The molecule has 5 rings (SSSR count). The molecule has 2 heterocycles. The number of aromatic nitrogens is 1. The SMILES string of the molecule is O=C1c2ccccc2C(=O)C1(c1cccc(Br)n1)N1CCN(CC2CCCCC2)CC1. The Labute approximate surface area is 192 Å². The molecule has 1 aromatic carbocycles. The minimum absolute atomic E-state index is 0.139. The van der Waals surface area contributed by atoms with Gasteiger partial charge in [0.15, 0.2) is 17.1 Å². The Kier molecular flexibility index (Phi) is 5.80. The summed E-state index contributed by atoms with van der Waals surface area (Å²) in [5.41, 5.74) is 0.191. The number of hydrogen-bond donors (Lipinski definition) is 0. The zero-order chi connectivity index (χ0) is 21.4. The van der Waals surface area contributed by atoms with E-state index in [-0.39, 0.29) is 11.6 Å². The van der Waals surface area contributed by atoms with Crippen LogP contribution < -0.4 is 0 Å². The average Bonchev–Trinajstić information content (AvgIpc) is 3.03. The van der Waals surface area contributed by atoms with E-state index in [4.69, 9.17) is 0 Å².